The Hall–Kier alpha value is -1.83. The van der Waals surface area contributed by atoms with E-state index in [2.05, 4.69) is 15.3 Å². The van der Waals surface area contributed by atoms with Gasteiger partial charge in [-0.2, -0.15) is 0 Å². The number of aliphatic hydroxyl groups excluding tert-OH is 1. The predicted molar refractivity (Wildman–Crippen MR) is 67.2 cm³/mol. The van der Waals surface area contributed by atoms with Gasteiger partial charge in [-0.05, 0) is 5.53 Å². The zero-order valence-corrected chi connectivity index (χ0v) is 11.5. The van der Waals surface area contributed by atoms with Crippen molar-refractivity contribution in [2.45, 2.75) is 45.3 Å². The topological polar surface area (TPSA) is 134 Å². The van der Waals surface area contributed by atoms with Crippen LogP contribution < -0.4 is 5.32 Å². The SMILES string of the molecule is CC(=O)NC1C(OC(C)=O)OC(CN=[N+]=[N-])C(O)C1C. The number of carbonyl (C=O) groups is 2. The van der Waals surface area contributed by atoms with Crippen molar-refractivity contribution in [1.29, 1.82) is 0 Å². The van der Waals surface area contributed by atoms with Gasteiger partial charge in [-0.3, -0.25) is 9.59 Å². The lowest BCUT2D eigenvalue weighted by atomic mass is 9.88. The number of esters is 1. The van der Waals surface area contributed by atoms with E-state index in [9.17, 15) is 14.7 Å². The van der Waals surface area contributed by atoms with Gasteiger partial charge in [-0.1, -0.05) is 12.0 Å². The van der Waals surface area contributed by atoms with Gasteiger partial charge in [0, 0.05) is 24.7 Å². The lowest BCUT2D eigenvalue weighted by Crippen LogP contribution is -2.61. The molecule has 5 unspecified atom stereocenters. The second-order valence-electron chi connectivity index (χ2n) is 4.64. The molecule has 1 heterocycles. The zero-order valence-electron chi connectivity index (χ0n) is 11.5. The van der Waals surface area contributed by atoms with Gasteiger partial charge in [0.05, 0.1) is 24.8 Å². The summed E-state index contributed by atoms with van der Waals surface area (Å²) in [6, 6.07) is -0.672. The van der Waals surface area contributed by atoms with Crippen LogP contribution in [0.5, 0.6) is 0 Å². The molecule has 112 valence electrons. The molecule has 0 aliphatic carbocycles. The van der Waals surface area contributed by atoms with E-state index in [0.29, 0.717) is 0 Å². The summed E-state index contributed by atoms with van der Waals surface area (Å²) >= 11 is 0. The lowest BCUT2D eigenvalue weighted by molar-refractivity contribution is -0.242. The summed E-state index contributed by atoms with van der Waals surface area (Å²) in [5.41, 5.74) is 8.31. The number of aliphatic hydroxyl groups is 1. The molecule has 9 heteroatoms. The van der Waals surface area contributed by atoms with Crippen molar-refractivity contribution in [2.75, 3.05) is 6.54 Å². The largest absolute Gasteiger partial charge is 0.434 e. The highest BCUT2D eigenvalue weighted by Gasteiger charge is 2.44. The minimum absolute atomic E-state index is 0.0907. The molecule has 5 atom stereocenters. The second-order valence-corrected chi connectivity index (χ2v) is 4.64. The summed E-state index contributed by atoms with van der Waals surface area (Å²) in [5, 5.41) is 16.0. The smallest absolute Gasteiger partial charge is 0.305 e. The van der Waals surface area contributed by atoms with E-state index < -0.39 is 36.4 Å². The molecule has 9 nitrogen and oxygen atoms in total. The number of nitrogens with zero attached hydrogens (tertiary/aromatic N) is 3. The fourth-order valence-electron chi connectivity index (χ4n) is 2.10. The second kappa shape index (κ2) is 7.09. The monoisotopic (exact) mass is 286 g/mol. The van der Waals surface area contributed by atoms with Crippen LogP contribution in [-0.4, -0.2) is 48.1 Å². The number of nitrogens with one attached hydrogen (secondary N) is 1. The van der Waals surface area contributed by atoms with Gasteiger partial charge < -0.3 is 19.9 Å². The molecule has 1 aliphatic heterocycles. The van der Waals surface area contributed by atoms with Gasteiger partial charge in [-0.15, -0.1) is 0 Å². The summed E-state index contributed by atoms with van der Waals surface area (Å²) < 4.78 is 10.4. The molecule has 0 aromatic rings. The highest BCUT2D eigenvalue weighted by atomic mass is 16.7. The molecule has 1 saturated heterocycles. The van der Waals surface area contributed by atoms with Gasteiger partial charge in [0.2, 0.25) is 12.2 Å². The molecule has 0 radical (unpaired) electrons. The Bertz CT molecular complexity index is 423. The van der Waals surface area contributed by atoms with Crippen molar-refractivity contribution < 1.29 is 24.2 Å². The van der Waals surface area contributed by atoms with Crippen molar-refractivity contribution in [3.05, 3.63) is 10.4 Å². The Morgan fingerprint density at radius 3 is 2.65 bits per heavy atom. The van der Waals surface area contributed by atoms with Crippen LogP contribution in [0.15, 0.2) is 5.11 Å². The molecule has 0 spiro atoms. The van der Waals surface area contributed by atoms with Gasteiger partial charge >= 0.3 is 5.97 Å². The summed E-state index contributed by atoms with van der Waals surface area (Å²) in [6.07, 6.45) is -2.78. The third-order valence-corrected chi connectivity index (χ3v) is 3.07. The summed E-state index contributed by atoms with van der Waals surface area (Å²) in [4.78, 5) is 24.9. The molecule has 0 bridgehead atoms. The maximum absolute atomic E-state index is 11.2. The normalized spacial score (nSPS) is 32.9. The van der Waals surface area contributed by atoms with Crippen LogP contribution in [0.2, 0.25) is 0 Å². The molecular weight excluding hydrogens is 268 g/mol. The highest BCUT2D eigenvalue weighted by molar-refractivity contribution is 5.73. The number of amides is 1. The minimum Gasteiger partial charge on any atom is -0.434 e. The molecule has 1 rings (SSSR count). The van der Waals surface area contributed by atoms with Crippen LogP contribution in [0.4, 0.5) is 0 Å². The third kappa shape index (κ3) is 4.09. The van der Waals surface area contributed by atoms with E-state index in [0.717, 1.165) is 0 Å². The molecule has 0 saturated carbocycles. The number of rotatable bonds is 4. The fraction of sp³-hybridized carbons (Fsp3) is 0.818. The van der Waals surface area contributed by atoms with Crippen LogP contribution in [0.25, 0.3) is 10.4 Å². The predicted octanol–water partition coefficient (Wildman–Crippen LogP) is 0.0864. The first-order valence-corrected chi connectivity index (χ1v) is 6.15. The maximum Gasteiger partial charge on any atom is 0.305 e. The van der Waals surface area contributed by atoms with E-state index in [1.54, 1.807) is 6.92 Å². The fourth-order valence-corrected chi connectivity index (χ4v) is 2.10. The average Bonchev–Trinajstić information content (AvgIpc) is 2.35. The molecule has 0 aromatic carbocycles. The number of hydrogen-bond donors (Lipinski definition) is 2. The Morgan fingerprint density at radius 2 is 2.15 bits per heavy atom. The Labute approximate surface area is 115 Å². The van der Waals surface area contributed by atoms with E-state index in [4.69, 9.17) is 15.0 Å². The lowest BCUT2D eigenvalue weighted by Gasteiger charge is -2.42. The molecule has 1 fully saturated rings. The minimum atomic E-state index is -1.03. The van der Waals surface area contributed by atoms with Crippen molar-refractivity contribution in [3.8, 4) is 0 Å². The van der Waals surface area contributed by atoms with Crippen molar-refractivity contribution >= 4 is 11.9 Å². The van der Waals surface area contributed by atoms with Gasteiger partial charge in [0.25, 0.3) is 0 Å². The van der Waals surface area contributed by atoms with Crippen molar-refractivity contribution in [2.24, 2.45) is 11.0 Å². The summed E-state index contributed by atoms with van der Waals surface area (Å²) in [5.74, 6) is -1.34. The first-order chi connectivity index (χ1) is 9.36. The number of azide groups is 1. The van der Waals surface area contributed by atoms with Crippen LogP contribution in [0.3, 0.4) is 0 Å². The Balaban J connectivity index is 2.90. The number of carbonyl (C=O) groups excluding carboxylic acids is 2. The molecule has 1 amide bonds. The summed E-state index contributed by atoms with van der Waals surface area (Å²) in [7, 11) is 0. The number of hydrogen-bond acceptors (Lipinski definition) is 6. The Morgan fingerprint density at radius 1 is 1.50 bits per heavy atom. The van der Waals surface area contributed by atoms with Gasteiger partial charge in [0.1, 0.15) is 0 Å². The van der Waals surface area contributed by atoms with Crippen LogP contribution in [0.1, 0.15) is 20.8 Å². The first-order valence-electron chi connectivity index (χ1n) is 6.15. The molecule has 1 aliphatic rings. The summed E-state index contributed by atoms with van der Waals surface area (Å²) in [6.45, 7) is 4.13. The van der Waals surface area contributed by atoms with E-state index >= 15 is 0 Å². The molecular formula is C11H18N4O5. The van der Waals surface area contributed by atoms with Gasteiger partial charge in [0.15, 0.2) is 0 Å². The van der Waals surface area contributed by atoms with Crippen LogP contribution in [-0.2, 0) is 19.1 Å². The molecule has 20 heavy (non-hydrogen) atoms. The standard InChI is InChI=1S/C11H18N4O5/c1-5-9(14-6(2)16)11(19-7(3)17)20-8(10(5)18)4-13-15-12/h5,8-11,18H,4H2,1-3H3,(H,14,16). The van der Waals surface area contributed by atoms with Crippen molar-refractivity contribution in [3.63, 3.8) is 0 Å². The zero-order chi connectivity index (χ0) is 15.3. The van der Waals surface area contributed by atoms with Crippen molar-refractivity contribution in [1.82, 2.24) is 5.32 Å². The van der Waals surface area contributed by atoms with E-state index in [1.165, 1.54) is 13.8 Å². The quantitative estimate of drug-likeness (QED) is 0.327. The average molecular weight is 286 g/mol. The third-order valence-electron chi connectivity index (χ3n) is 3.07. The molecule has 0 aromatic heterocycles. The Kier molecular flexibility index (Phi) is 5.75. The number of ether oxygens (including phenoxy) is 2. The van der Waals surface area contributed by atoms with Crippen LogP contribution in [0, 0.1) is 5.92 Å². The van der Waals surface area contributed by atoms with E-state index in [-0.39, 0.29) is 12.5 Å². The molecule has 2 N–H and O–H groups in total. The highest BCUT2D eigenvalue weighted by Crippen LogP contribution is 2.27. The first kappa shape index (κ1) is 16.2. The van der Waals surface area contributed by atoms with Gasteiger partial charge in [-0.25, -0.2) is 0 Å². The maximum atomic E-state index is 11.2. The van der Waals surface area contributed by atoms with Crippen LogP contribution >= 0.6 is 0 Å². The van der Waals surface area contributed by atoms with E-state index in [1.807, 2.05) is 0 Å².